The van der Waals surface area contributed by atoms with E-state index in [0.29, 0.717) is 0 Å². The number of para-hydroxylation sites is 2. The molecule has 1 amide bonds. The quantitative estimate of drug-likeness (QED) is 0.522. The third-order valence-electron chi connectivity index (χ3n) is 2.87. The maximum absolute atomic E-state index is 13.6. The van der Waals surface area contributed by atoms with Gasteiger partial charge in [0.1, 0.15) is 11.3 Å². The van der Waals surface area contributed by atoms with Crippen LogP contribution in [-0.2, 0) is 0 Å². The van der Waals surface area contributed by atoms with Crippen molar-refractivity contribution in [2.75, 3.05) is 11.9 Å². The number of benzene rings is 2. The van der Waals surface area contributed by atoms with Gasteiger partial charge in [-0.1, -0.05) is 12.1 Å². The average molecular weight is 331 g/mol. The van der Waals surface area contributed by atoms with E-state index in [-0.39, 0.29) is 18.0 Å². The fourth-order valence-corrected chi connectivity index (χ4v) is 1.84. The normalized spacial score (nSPS) is 10.5. The highest BCUT2D eigenvalue weighted by atomic mass is 19.2. The molecule has 0 unspecified atom stereocenters. The van der Waals surface area contributed by atoms with Gasteiger partial charge in [-0.2, -0.15) is 0 Å². The van der Waals surface area contributed by atoms with E-state index in [2.05, 4.69) is 5.32 Å². The largest absolute Gasteiger partial charge is 0.492 e. The fraction of sp³-hybridized carbons (Fsp3) is 0.133. The smallest absolute Gasteiger partial charge is 0.261 e. The number of nitrogens with one attached hydrogen (secondary N) is 1. The number of halogens is 5. The molecule has 0 spiro atoms. The van der Waals surface area contributed by atoms with Crippen molar-refractivity contribution in [1.29, 1.82) is 0 Å². The Labute approximate surface area is 127 Å². The third kappa shape index (κ3) is 3.10. The summed E-state index contributed by atoms with van der Waals surface area (Å²) in [5, 5.41) is 2.07. The maximum atomic E-state index is 13.6. The Bertz CT molecular complexity index is 735. The molecule has 0 aliphatic rings. The summed E-state index contributed by atoms with van der Waals surface area (Å²) in [6, 6.07) is 5.91. The molecule has 0 heterocycles. The van der Waals surface area contributed by atoms with E-state index < -0.39 is 40.6 Å². The highest BCUT2D eigenvalue weighted by Gasteiger charge is 2.30. The maximum Gasteiger partial charge on any atom is 0.261 e. The third-order valence-corrected chi connectivity index (χ3v) is 2.87. The average Bonchev–Trinajstić information content (AvgIpc) is 2.53. The van der Waals surface area contributed by atoms with Gasteiger partial charge in [0.05, 0.1) is 12.3 Å². The molecule has 2 rings (SSSR count). The van der Waals surface area contributed by atoms with Crippen LogP contribution in [-0.4, -0.2) is 12.5 Å². The van der Waals surface area contributed by atoms with Crippen LogP contribution >= 0.6 is 0 Å². The van der Waals surface area contributed by atoms with Gasteiger partial charge in [0, 0.05) is 0 Å². The van der Waals surface area contributed by atoms with Crippen LogP contribution in [0.4, 0.5) is 27.6 Å². The van der Waals surface area contributed by atoms with Crippen LogP contribution < -0.4 is 10.1 Å². The standard InChI is InChI=1S/C15H10F5NO2/c1-2-23-8-6-4-3-5-7(8)21-15(22)9-10(16)12(18)14(20)13(19)11(9)17/h3-6H,2H2,1H3,(H,21,22). The fourth-order valence-electron chi connectivity index (χ4n) is 1.84. The van der Waals surface area contributed by atoms with Gasteiger partial charge in [-0.25, -0.2) is 22.0 Å². The second-order valence-electron chi connectivity index (χ2n) is 4.33. The molecule has 0 bridgehead atoms. The van der Waals surface area contributed by atoms with E-state index in [0.717, 1.165) is 0 Å². The van der Waals surface area contributed by atoms with E-state index in [1.54, 1.807) is 13.0 Å². The van der Waals surface area contributed by atoms with E-state index in [1.165, 1.54) is 18.2 Å². The van der Waals surface area contributed by atoms with Gasteiger partial charge in [-0.15, -0.1) is 0 Å². The van der Waals surface area contributed by atoms with Gasteiger partial charge < -0.3 is 10.1 Å². The number of hydrogen-bond donors (Lipinski definition) is 1. The number of anilines is 1. The molecular formula is C15H10F5NO2. The number of rotatable bonds is 4. The van der Waals surface area contributed by atoms with Crippen molar-refractivity contribution in [3.8, 4) is 5.75 Å². The molecule has 0 fully saturated rings. The summed E-state index contributed by atoms with van der Waals surface area (Å²) in [5.41, 5.74) is -1.53. The van der Waals surface area contributed by atoms with Crippen LogP contribution in [0.2, 0.25) is 0 Å². The highest BCUT2D eigenvalue weighted by Crippen LogP contribution is 2.27. The van der Waals surface area contributed by atoms with Crippen LogP contribution in [0.15, 0.2) is 24.3 Å². The van der Waals surface area contributed by atoms with Crippen LogP contribution in [0.5, 0.6) is 5.75 Å². The molecule has 0 saturated carbocycles. The molecule has 2 aromatic carbocycles. The predicted molar refractivity (Wildman–Crippen MR) is 71.8 cm³/mol. The van der Waals surface area contributed by atoms with Crippen molar-refractivity contribution >= 4 is 11.6 Å². The van der Waals surface area contributed by atoms with Crippen molar-refractivity contribution in [3.63, 3.8) is 0 Å². The second-order valence-corrected chi connectivity index (χ2v) is 4.33. The summed E-state index contributed by atoms with van der Waals surface area (Å²) >= 11 is 0. The van der Waals surface area contributed by atoms with Crippen molar-refractivity contribution in [2.24, 2.45) is 0 Å². The molecule has 3 nitrogen and oxygen atoms in total. The van der Waals surface area contributed by atoms with Gasteiger partial charge >= 0.3 is 0 Å². The Kier molecular flexibility index (Phi) is 4.83. The highest BCUT2D eigenvalue weighted by molar-refractivity contribution is 6.05. The minimum atomic E-state index is -2.33. The molecule has 2 aromatic rings. The number of carbonyl (C=O) groups excluding carboxylic acids is 1. The minimum Gasteiger partial charge on any atom is -0.492 e. The van der Waals surface area contributed by atoms with Crippen molar-refractivity contribution < 1.29 is 31.5 Å². The van der Waals surface area contributed by atoms with Crippen molar-refractivity contribution in [1.82, 2.24) is 0 Å². The number of hydrogen-bond acceptors (Lipinski definition) is 2. The number of amides is 1. The summed E-state index contributed by atoms with van der Waals surface area (Å²) in [7, 11) is 0. The Morgan fingerprint density at radius 1 is 0.957 bits per heavy atom. The van der Waals surface area contributed by atoms with Crippen LogP contribution in [0.25, 0.3) is 0 Å². The van der Waals surface area contributed by atoms with Crippen LogP contribution in [0, 0.1) is 29.1 Å². The molecule has 0 aliphatic heterocycles. The van der Waals surface area contributed by atoms with E-state index in [9.17, 15) is 26.7 Å². The van der Waals surface area contributed by atoms with Crippen molar-refractivity contribution in [2.45, 2.75) is 6.92 Å². The molecule has 0 atom stereocenters. The molecule has 23 heavy (non-hydrogen) atoms. The molecule has 0 radical (unpaired) electrons. The number of carbonyl (C=O) groups is 1. The summed E-state index contributed by atoms with van der Waals surface area (Å²) in [6.07, 6.45) is 0. The second kappa shape index (κ2) is 6.64. The van der Waals surface area contributed by atoms with Crippen LogP contribution in [0.3, 0.4) is 0 Å². The molecule has 0 aliphatic carbocycles. The molecule has 0 aromatic heterocycles. The summed E-state index contributed by atoms with van der Waals surface area (Å²) in [5.74, 6) is -12.4. The molecule has 1 N–H and O–H groups in total. The molecule has 8 heteroatoms. The number of ether oxygens (including phenoxy) is 1. The van der Waals surface area contributed by atoms with Gasteiger partial charge in [-0.05, 0) is 19.1 Å². The van der Waals surface area contributed by atoms with Crippen LogP contribution in [0.1, 0.15) is 17.3 Å². The zero-order chi connectivity index (χ0) is 17.1. The summed E-state index contributed by atoms with van der Waals surface area (Å²) < 4.78 is 71.6. The molecular weight excluding hydrogens is 321 g/mol. The summed E-state index contributed by atoms with van der Waals surface area (Å²) in [6.45, 7) is 1.91. The zero-order valence-electron chi connectivity index (χ0n) is 11.7. The topological polar surface area (TPSA) is 38.3 Å². The SMILES string of the molecule is CCOc1ccccc1NC(=O)c1c(F)c(F)c(F)c(F)c1F. The summed E-state index contributed by atoms with van der Waals surface area (Å²) in [4.78, 5) is 11.9. The first-order valence-electron chi connectivity index (χ1n) is 6.43. The first-order chi connectivity index (χ1) is 10.9. The monoisotopic (exact) mass is 331 g/mol. The first kappa shape index (κ1) is 16.7. The predicted octanol–water partition coefficient (Wildman–Crippen LogP) is 4.03. The Morgan fingerprint density at radius 2 is 1.48 bits per heavy atom. The van der Waals surface area contributed by atoms with Crippen molar-refractivity contribution in [3.05, 3.63) is 58.9 Å². The van der Waals surface area contributed by atoms with Gasteiger partial charge in [0.2, 0.25) is 5.82 Å². The lowest BCUT2D eigenvalue weighted by Gasteiger charge is -2.12. The van der Waals surface area contributed by atoms with Gasteiger partial charge in [0.25, 0.3) is 5.91 Å². The lowest BCUT2D eigenvalue weighted by molar-refractivity contribution is 0.101. The lowest BCUT2D eigenvalue weighted by atomic mass is 10.1. The first-order valence-corrected chi connectivity index (χ1v) is 6.43. The Hall–Kier alpha value is -2.64. The zero-order valence-corrected chi connectivity index (χ0v) is 11.7. The Morgan fingerprint density at radius 3 is 2.04 bits per heavy atom. The van der Waals surface area contributed by atoms with Gasteiger partial charge in [-0.3, -0.25) is 4.79 Å². The van der Waals surface area contributed by atoms with E-state index >= 15 is 0 Å². The van der Waals surface area contributed by atoms with E-state index in [4.69, 9.17) is 4.74 Å². The van der Waals surface area contributed by atoms with Gasteiger partial charge in [0.15, 0.2) is 23.3 Å². The van der Waals surface area contributed by atoms with E-state index in [1.807, 2.05) is 0 Å². The molecule has 0 saturated heterocycles. The molecule has 122 valence electrons. The lowest BCUT2D eigenvalue weighted by Crippen LogP contribution is -2.19. The minimum absolute atomic E-state index is 0.0308. The Balaban J connectivity index is 2.44.